The van der Waals surface area contributed by atoms with Gasteiger partial charge in [-0.25, -0.2) is 0 Å². The number of benzene rings is 1. The van der Waals surface area contributed by atoms with E-state index in [0.29, 0.717) is 17.4 Å². The van der Waals surface area contributed by atoms with E-state index in [1.54, 1.807) is 18.4 Å². The van der Waals surface area contributed by atoms with Crippen LogP contribution in [0.3, 0.4) is 0 Å². The molecular weight excluding hydrogens is 312 g/mol. The normalized spacial score (nSPS) is 10.8. The van der Waals surface area contributed by atoms with E-state index in [9.17, 15) is 0 Å². The summed E-state index contributed by atoms with van der Waals surface area (Å²) < 4.78 is 10.5. The standard InChI is InChI=1S/C16H12N4O2S/c1-21-11-6-4-10(5-7-11)12-9-13(19-18-12)16-17-15(20-22-16)14-3-2-8-23-14/h2-9H,1H3,(H,18,19). The van der Waals surface area contributed by atoms with Crippen LogP contribution >= 0.6 is 11.3 Å². The van der Waals surface area contributed by atoms with E-state index >= 15 is 0 Å². The summed E-state index contributed by atoms with van der Waals surface area (Å²) >= 11 is 1.57. The quantitative estimate of drug-likeness (QED) is 0.617. The van der Waals surface area contributed by atoms with Crippen molar-refractivity contribution in [3.8, 4) is 39.3 Å². The number of hydrogen-bond donors (Lipinski definition) is 1. The van der Waals surface area contributed by atoms with Gasteiger partial charge in [-0.2, -0.15) is 10.1 Å². The Hall–Kier alpha value is -2.93. The molecule has 1 N–H and O–H groups in total. The van der Waals surface area contributed by atoms with E-state index in [2.05, 4.69) is 20.3 Å². The number of ether oxygens (including phenoxy) is 1. The van der Waals surface area contributed by atoms with Gasteiger partial charge in [0, 0.05) is 5.56 Å². The summed E-state index contributed by atoms with van der Waals surface area (Å²) in [5.74, 6) is 1.80. The fraction of sp³-hybridized carbons (Fsp3) is 0.0625. The molecule has 4 rings (SSSR count). The van der Waals surface area contributed by atoms with E-state index in [-0.39, 0.29) is 0 Å². The lowest BCUT2D eigenvalue weighted by atomic mass is 10.1. The fourth-order valence-electron chi connectivity index (χ4n) is 2.18. The van der Waals surface area contributed by atoms with Crippen molar-refractivity contribution in [1.29, 1.82) is 0 Å². The molecule has 0 amide bonds. The van der Waals surface area contributed by atoms with E-state index in [4.69, 9.17) is 9.26 Å². The van der Waals surface area contributed by atoms with E-state index in [1.807, 2.05) is 47.8 Å². The van der Waals surface area contributed by atoms with Gasteiger partial charge in [0.2, 0.25) is 5.82 Å². The minimum absolute atomic E-state index is 0.417. The first-order valence-corrected chi connectivity index (χ1v) is 7.79. The molecule has 0 unspecified atom stereocenters. The number of thiophene rings is 1. The minimum Gasteiger partial charge on any atom is -0.497 e. The summed E-state index contributed by atoms with van der Waals surface area (Å²) in [7, 11) is 1.64. The zero-order valence-electron chi connectivity index (χ0n) is 12.2. The van der Waals surface area contributed by atoms with Crippen LogP contribution in [0.25, 0.3) is 33.5 Å². The highest BCUT2D eigenvalue weighted by Crippen LogP contribution is 2.27. The molecular formula is C16H12N4O2S. The predicted molar refractivity (Wildman–Crippen MR) is 87.2 cm³/mol. The van der Waals surface area contributed by atoms with Crippen LogP contribution in [-0.4, -0.2) is 27.4 Å². The van der Waals surface area contributed by atoms with Gasteiger partial charge >= 0.3 is 0 Å². The van der Waals surface area contributed by atoms with E-state index in [1.165, 1.54) is 0 Å². The Morgan fingerprint density at radius 1 is 1.17 bits per heavy atom. The second-order valence-corrected chi connectivity index (χ2v) is 5.74. The first-order chi connectivity index (χ1) is 11.3. The Balaban J connectivity index is 1.62. The lowest BCUT2D eigenvalue weighted by molar-refractivity contribution is 0.415. The van der Waals surface area contributed by atoms with Crippen LogP contribution in [0, 0.1) is 0 Å². The molecule has 0 radical (unpaired) electrons. The number of methoxy groups -OCH3 is 1. The number of aromatic nitrogens is 4. The van der Waals surface area contributed by atoms with Crippen molar-refractivity contribution in [2.24, 2.45) is 0 Å². The molecule has 1 aromatic carbocycles. The minimum atomic E-state index is 0.417. The van der Waals surface area contributed by atoms with Gasteiger partial charge in [-0.15, -0.1) is 11.3 Å². The van der Waals surface area contributed by atoms with Gasteiger partial charge in [0.25, 0.3) is 5.89 Å². The maximum atomic E-state index is 5.31. The van der Waals surface area contributed by atoms with Gasteiger partial charge < -0.3 is 9.26 Å². The molecule has 0 fully saturated rings. The van der Waals surface area contributed by atoms with Gasteiger partial charge in [0.1, 0.15) is 11.4 Å². The van der Waals surface area contributed by atoms with E-state index < -0.39 is 0 Å². The van der Waals surface area contributed by atoms with Crippen LogP contribution in [0.5, 0.6) is 5.75 Å². The van der Waals surface area contributed by atoms with Crippen LogP contribution in [0.4, 0.5) is 0 Å². The van der Waals surface area contributed by atoms with Gasteiger partial charge in [0.15, 0.2) is 0 Å². The molecule has 3 aromatic heterocycles. The average Bonchev–Trinajstić information content (AvgIpc) is 3.34. The van der Waals surface area contributed by atoms with Crippen molar-refractivity contribution in [2.45, 2.75) is 0 Å². The highest BCUT2D eigenvalue weighted by Gasteiger charge is 2.14. The predicted octanol–water partition coefficient (Wildman–Crippen LogP) is 3.86. The number of nitrogens with zero attached hydrogens (tertiary/aromatic N) is 3. The fourth-order valence-corrected chi connectivity index (χ4v) is 2.83. The van der Waals surface area contributed by atoms with Crippen molar-refractivity contribution in [2.75, 3.05) is 7.11 Å². The number of hydrogen-bond acceptors (Lipinski definition) is 6. The number of rotatable bonds is 4. The lowest BCUT2D eigenvalue weighted by Gasteiger charge is -1.99. The Morgan fingerprint density at radius 2 is 2.04 bits per heavy atom. The largest absolute Gasteiger partial charge is 0.497 e. The summed E-state index contributed by atoms with van der Waals surface area (Å²) in [5, 5.41) is 13.2. The third kappa shape index (κ3) is 2.62. The molecule has 114 valence electrons. The molecule has 6 nitrogen and oxygen atoms in total. The lowest BCUT2D eigenvalue weighted by Crippen LogP contribution is -1.82. The molecule has 0 aliphatic heterocycles. The summed E-state index contributed by atoms with van der Waals surface area (Å²) in [6.45, 7) is 0. The molecule has 0 bridgehead atoms. The Labute approximate surface area is 135 Å². The zero-order valence-corrected chi connectivity index (χ0v) is 13.0. The average molecular weight is 324 g/mol. The summed E-state index contributed by atoms with van der Waals surface area (Å²) in [6, 6.07) is 13.5. The highest BCUT2D eigenvalue weighted by atomic mass is 32.1. The van der Waals surface area contributed by atoms with Crippen molar-refractivity contribution in [3.63, 3.8) is 0 Å². The molecule has 0 spiro atoms. The molecule has 0 aliphatic carbocycles. The van der Waals surface area contributed by atoms with E-state index in [0.717, 1.165) is 21.9 Å². The first kappa shape index (κ1) is 13.7. The number of H-pyrrole nitrogens is 1. The molecule has 23 heavy (non-hydrogen) atoms. The van der Waals surface area contributed by atoms with Crippen molar-refractivity contribution in [3.05, 3.63) is 47.8 Å². The van der Waals surface area contributed by atoms with Crippen LogP contribution < -0.4 is 4.74 Å². The molecule has 3 heterocycles. The zero-order chi connectivity index (χ0) is 15.6. The van der Waals surface area contributed by atoms with Crippen LogP contribution in [0.15, 0.2) is 52.4 Å². The third-order valence-electron chi connectivity index (χ3n) is 3.36. The first-order valence-electron chi connectivity index (χ1n) is 6.91. The maximum absolute atomic E-state index is 5.31. The van der Waals surface area contributed by atoms with Crippen molar-refractivity contribution < 1.29 is 9.26 Å². The van der Waals surface area contributed by atoms with Crippen LogP contribution in [0.1, 0.15) is 0 Å². The van der Waals surface area contributed by atoms with Gasteiger partial charge in [-0.3, -0.25) is 5.10 Å². The summed E-state index contributed by atoms with van der Waals surface area (Å²) in [5.41, 5.74) is 2.47. The molecule has 0 saturated carbocycles. The smallest absolute Gasteiger partial charge is 0.276 e. The number of nitrogens with one attached hydrogen (secondary N) is 1. The van der Waals surface area contributed by atoms with Crippen LogP contribution in [-0.2, 0) is 0 Å². The van der Waals surface area contributed by atoms with Gasteiger partial charge in [-0.1, -0.05) is 11.2 Å². The molecule has 0 aliphatic rings. The van der Waals surface area contributed by atoms with Crippen molar-refractivity contribution in [1.82, 2.24) is 20.3 Å². The third-order valence-corrected chi connectivity index (χ3v) is 4.23. The van der Waals surface area contributed by atoms with Crippen molar-refractivity contribution >= 4 is 11.3 Å². The Morgan fingerprint density at radius 3 is 2.78 bits per heavy atom. The maximum Gasteiger partial charge on any atom is 0.276 e. The highest BCUT2D eigenvalue weighted by molar-refractivity contribution is 7.13. The van der Waals surface area contributed by atoms with Crippen LogP contribution in [0.2, 0.25) is 0 Å². The second-order valence-electron chi connectivity index (χ2n) is 4.80. The number of aromatic amines is 1. The SMILES string of the molecule is COc1ccc(-c2cc(-c3nc(-c4cccs4)no3)[nH]n2)cc1. The summed E-state index contributed by atoms with van der Waals surface area (Å²) in [6.07, 6.45) is 0. The molecule has 0 atom stereocenters. The Bertz CT molecular complexity index is 910. The molecule has 0 saturated heterocycles. The monoisotopic (exact) mass is 324 g/mol. The second kappa shape index (κ2) is 5.69. The topological polar surface area (TPSA) is 76.8 Å². The Kier molecular flexibility index (Phi) is 3.39. The summed E-state index contributed by atoms with van der Waals surface area (Å²) in [4.78, 5) is 5.37. The van der Waals surface area contributed by atoms with Gasteiger partial charge in [0.05, 0.1) is 17.7 Å². The molecule has 7 heteroatoms. The molecule has 4 aromatic rings. The van der Waals surface area contributed by atoms with Gasteiger partial charge in [-0.05, 0) is 41.8 Å².